The molecule has 0 fully saturated rings. The first-order chi connectivity index (χ1) is 7.70. The predicted octanol–water partition coefficient (Wildman–Crippen LogP) is 3.48. The maximum Gasteiger partial charge on any atom is 0.137 e. The number of hydrogen-bond donors (Lipinski definition) is 1. The van der Waals surface area contributed by atoms with Crippen molar-refractivity contribution in [3.8, 4) is 0 Å². The van der Waals surface area contributed by atoms with Crippen LogP contribution in [0.2, 0.25) is 0 Å². The van der Waals surface area contributed by atoms with Gasteiger partial charge in [0.25, 0.3) is 0 Å². The Balaban J connectivity index is 2.40. The Bertz CT molecular complexity index is 444. The molecular weight excluding hydrogens is 200 g/mol. The minimum atomic E-state index is -0.673. The highest BCUT2D eigenvalue weighted by molar-refractivity contribution is 5.34. The number of furan rings is 1. The lowest BCUT2D eigenvalue weighted by Crippen LogP contribution is -2.03. The summed E-state index contributed by atoms with van der Waals surface area (Å²) in [5.74, 6) is 0.980. The van der Waals surface area contributed by atoms with Crippen LogP contribution in [-0.4, -0.2) is 5.11 Å². The molecule has 2 nitrogen and oxygen atoms in total. The molecule has 0 saturated carbocycles. The molecule has 0 spiro atoms. The molecule has 1 aromatic heterocycles. The van der Waals surface area contributed by atoms with Crippen molar-refractivity contribution < 1.29 is 9.52 Å². The first-order valence-corrected chi connectivity index (χ1v) is 5.50. The van der Waals surface area contributed by atoms with Gasteiger partial charge >= 0.3 is 0 Å². The molecule has 0 radical (unpaired) electrons. The fourth-order valence-electron chi connectivity index (χ4n) is 1.89. The number of aliphatic hydroxyl groups is 1. The van der Waals surface area contributed by atoms with E-state index in [9.17, 15) is 5.11 Å². The summed E-state index contributed by atoms with van der Waals surface area (Å²) in [6, 6.07) is 11.5. The van der Waals surface area contributed by atoms with Crippen LogP contribution < -0.4 is 0 Å². The van der Waals surface area contributed by atoms with Crippen LogP contribution >= 0.6 is 0 Å². The lowest BCUT2D eigenvalue weighted by Gasteiger charge is -2.16. The van der Waals surface area contributed by atoms with Crippen molar-refractivity contribution in [2.45, 2.75) is 25.9 Å². The lowest BCUT2D eigenvalue weighted by molar-refractivity contribution is 0.188. The quantitative estimate of drug-likeness (QED) is 0.852. The molecule has 2 heteroatoms. The Morgan fingerprint density at radius 3 is 2.25 bits per heavy atom. The molecule has 1 N–H and O–H groups in total. The zero-order valence-corrected chi connectivity index (χ0v) is 9.55. The Hall–Kier alpha value is -1.54. The van der Waals surface area contributed by atoms with E-state index in [1.807, 2.05) is 24.3 Å². The fourth-order valence-corrected chi connectivity index (χ4v) is 1.89. The lowest BCUT2D eigenvalue weighted by atomic mass is 9.93. The van der Waals surface area contributed by atoms with Gasteiger partial charge in [0, 0.05) is 0 Å². The normalized spacial score (nSPS) is 13.0. The predicted molar refractivity (Wildman–Crippen MR) is 63.3 cm³/mol. The van der Waals surface area contributed by atoms with Crippen molar-refractivity contribution in [3.05, 3.63) is 59.5 Å². The second-order valence-corrected chi connectivity index (χ2v) is 4.20. The molecule has 2 aromatic rings. The van der Waals surface area contributed by atoms with Crippen LogP contribution in [0.1, 0.15) is 42.8 Å². The molecule has 0 saturated heterocycles. The molecule has 0 aliphatic heterocycles. The summed E-state index contributed by atoms with van der Waals surface area (Å²) in [6.45, 7) is 4.24. The van der Waals surface area contributed by atoms with E-state index in [0.717, 1.165) is 11.1 Å². The summed E-state index contributed by atoms with van der Waals surface area (Å²) in [5.41, 5.74) is 2.08. The third-order valence-electron chi connectivity index (χ3n) is 2.73. The molecule has 0 unspecified atom stereocenters. The van der Waals surface area contributed by atoms with E-state index in [2.05, 4.69) is 13.8 Å². The van der Waals surface area contributed by atoms with E-state index in [4.69, 9.17) is 4.42 Å². The van der Waals surface area contributed by atoms with Gasteiger partial charge in [0.2, 0.25) is 0 Å². The minimum Gasteiger partial charge on any atom is -0.466 e. The van der Waals surface area contributed by atoms with Crippen molar-refractivity contribution in [1.82, 2.24) is 0 Å². The van der Waals surface area contributed by atoms with Gasteiger partial charge in [-0.3, -0.25) is 0 Å². The van der Waals surface area contributed by atoms with Gasteiger partial charge in [0.15, 0.2) is 0 Å². The molecular formula is C14H16O2. The molecule has 0 amide bonds. The van der Waals surface area contributed by atoms with Gasteiger partial charge in [-0.25, -0.2) is 0 Å². The maximum absolute atomic E-state index is 10.2. The van der Waals surface area contributed by atoms with E-state index in [0.29, 0.717) is 11.7 Å². The van der Waals surface area contributed by atoms with E-state index >= 15 is 0 Å². The summed E-state index contributed by atoms with van der Waals surface area (Å²) in [6.07, 6.45) is 0.907. The largest absolute Gasteiger partial charge is 0.466 e. The van der Waals surface area contributed by atoms with Crippen LogP contribution in [0.15, 0.2) is 47.1 Å². The number of hydrogen-bond acceptors (Lipinski definition) is 2. The molecule has 0 bridgehead atoms. The van der Waals surface area contributed by atoms with Gasteiger partial charge in [0.05, 0.1) is 6.26 Å². The van der Waals surface area contributed by atoms with Crippen molar-refractivity contribution in [3.63, 3.8) is 0 Å². The topological polar surface area (TPSA) is 33.4 Å². The molecule has 0 aliphatic carbocycles. The molecule has 84 valence electrons. The monoisotopic (exact) mass is 216 g/mol. The molecule has 1 atom stereocenters. The van der Waals surface area contributed by atoms with Crippen LogP contribution in [0, 0.1) is 0 Å². The highest BCUT2D eigenvalue weighted by atomic mass is 16.4. The Labute approximate surface area is 95.5 Å². The molecule has 1 heterocycles. The molecule has 1 aromatic carbocycles. The third-order valence-corrected chi connectivity index (χ3v) is 2.73. The highest BCUT2D eigenvalue weighted by Crippen LogP contribution is 2.29. The number of benzene rings is 1. The SMILES string of the molecule is CC(C)c1ccccc1[C@H](O)c1ccco1. The van der Waals surface area contributed by atoms with Crippen molar-refractivity contribution in [2.75, 3.05) is 0 Å². The first-order valence-electron chi connectivity index (χ1n) is 5.50. The van der Waals surface area contributed by atoms with E-state index < -0.39 is 6.10 Å². The van der Waals surface area contributed by atoms with E-state index in [1.54, 1.807) is 18.4 Å². The molecule has 16 heavy (non-hydrogen) atoms. The van der Waals surface area contributed by atoms with Crippen LogP contribution in [0.4, 0.5) is 0 Å². The maximum atomic E-state index is 10.2. The number of aliphatic hydroxyl groups excluding tert-OH is 1. The fraction of sp³-hybridized carbons (Fsp3) is 0.286. The summed E-state index contributed by atoms with van der Waals surface area (Å²) >= 11 is 0. The first kappa shape index (κ1) is 11.0. The smallest absolute Gasteiger partial charge is 0.137 e. The Morgan fingerprint density at radius 1 is 1.00 bits per heavy atom. The van der Waals surface area contributed by atoms with Crippen LogP contribution in [-0.2, 0) is 0 Å². The van der Waals surface area contributed by atoms with E-state index in [-0.39, 0.29) is 0 Å². The molecule has 2 rings (SSSR count). The second kappa shape index (κ2) is 4.54. The Kier molecular flexibility index (Phi) is 3.11. The summed E-state index contributed by atoms with van der Waals surface area (Å²) in [5, 5.41) is 10.2. The van der Waals surface area contributed by atoms with Crippen molar-refractivity contribution in [1.29, 1.82) is 0 Å². The summed E-state index contributed by atoms with van der Waals surface area (Å²) < 4.78 is 5.23. The van der Waals surface area contributed by atoms with Gasteiger partial charge in [-0.05, 0) is 29.2 Å². The summed E-state index contributed by atoms with van der Waals surface area (Å²) in [7, 11) is 0. The zero-order valence-electron chi connectivity index (χ0n) is 9.55. The molecule has 0 aliphatic rings. The van der Waals surface area contributed by atoms with Crippen molar-refractivity contribution >= 4 is 0 Å². The van der Waals surface area contributed by atoms with E-state index in [1.165, 1.54) is 0 Å². The van der Waals surface area contributed by atoms with Crippen LogP contribution in [0.5, 0.6) is 0 Å². The van der Waals surface area contributed by atoms with Gasteiger partial charge in [0.1, 0.15) is 11.9 Å². The van der Waals surface area contributed by atoms with Gasteiger partial charge in [-0.1, -0.05) is 38.1 Å². The second-order valence-electron chi connectivity index (χ2n) is 4.20. The number of rotatable bonds is 3. The average Bonchev–Trinajstić information content (AvgIpc) is 2.81. The highest BCUT2D eigenvalue weighted by Gasteiger charge is 2.17. The van der Waals surface area contributed by atoms with Crippen LogP contribution in [0.25, 0.3) is 0 Å². The zero-order chi connectivity index (χ0) is 11.5. The van der Waals surface area contributed by atoms with Crippen LogP contribution in [0.3, 0.4) is 0 Å². The summed E-state index contributed by atoms with van der Waals surface area (Å²) in [4.78, 5) is 0. The standard InChI is InChI=1S/C14H16O2/c1-10(2)11-6-3-4-7-12(11)14(15)13-8-5-9-16-13/h3-10,14-15H,1-2H3/t14-/m0/s1. The third kappa shape index (κ3) is 2.02. The van der Waals surface area contributed by atoms with Gasteiger partial charge in [-0.15, -0.1) is 0 Å². The Morgan fingerprint density at radius 2 is 1.69 bits per heavy atom. The minimum absolute atomic E-state index is 0.390. The average molecular weight is 216 g/mol. The van der Waals surface area contributed by atoms with Gasteiger partial charge < -0.3 is 9.52 Å². The van der Waals surface area contributed by atoms with Crippen molar-refractivity contribution in [2.24, 2.45) is 0 Å². The van der Waals surface area contributed by atoms with Gasteiger partial charge in [-0.2, -0.15) is 0 Å².